The Labute approximate surface area is 138 Å². The zero-order valence-electron chi connectivity index (χ0n) is 13.9. The maximum Gasteiger partial charge on any atom is 0.125 e. The first kappa shape index (κ1) is 18.5. The van der Waals surface area contributed by atoms with Crippen molar-refractivity contribution in [2.75, 3.05) is 51.7 Å². The van der Waals surface area contributed by atoms with E-state index in [1.54, 1.807) is 0 Å². The van der Waals surface area contributed by atoms with Gasteiger partial charge in [-0.1, -0.05) is 12.8 Å². The van der Waals surface area contributed by atoms with E-state index in [1.165, 1.54) is 25.7 Å². The van der Waals surface area contributed by atoms with Crippen LogP contribution in [0.5, 0.6) is 0 Å². The minimum absolute atomic E-state index is 0.545. The number of nitrogens with zero attached hydrogens (tertiary/aromatic N) is 2. The molecule has 6 heteroatoms. The average Bonchev–Trinajstić information content (AvgIpc) is 3.07. The van der Waals surface area contributed by atoms with E-state index in [4.69, 9.17) is 10.5 Å². The van der Waals surface area contributed by atoms with Gasteiger partial charge in [-0.05, 0) is 45.2 Å². The lowest BCUT2D eigenvalue weighted by Crippen LogP contribution is -2.43. The molecule has 2 aliphatic rings. The van der Waals surface area contributed by atoms with Gasteiger partial charge in [0.25, 0.3) is 0 Å². The van der Waals surface area contributed by atoms with E-state index in [2.05, 4.69) is 9.21 Å². The van der Waals surface area contributed by atoms with E-state index >= 15 is 0 Å². The van der Waals surface area contributed by atoms with Crippen LogP contribution in [0.4, 0.5) is 0 Å². The molecule has 0 bridgehead atoms. The second kappa shape index (κ2) is 10.8. The van der Waals surface area contributed by atoms with Gasteiger partial charge in [0.05, 0.1) is 19.3 Å². The Morgan fingerprint density at radius 1 is 1.14 bits per heavy atom. The highest BCUT2D eigenvalue weighted by molar-refractivity contribution is 7.89. The molecule has 1 unspecified atom stereocenters. The SMILES string of the molecule is NCCCC[S+]([O-])N(CCCN1CCOCC1)C1CCCC1. The lowest BCUT2D eigenvalue weighted by Gasteiger charge is -2.31. The highest BCUT2D eigenvalue weighted by Crippen LogP contribution is 2.26. The first-order valence-electron chi connectivity index (χ1n) is 8.96. The van der Waals surface area contributed by atoms with Crippen molar-refractivity contribution in [3.63, 3.8) is 0 Å². The molecule has 0 amide bonds. The van der Waals surface area contributed by atoms with Crippen molar-refractivity contribution in [2.24, 2.45) is 5.73 Å². The van der Waals surface area contributed by atoms with Crippen LogP contribution in [0.3, 0.4) is 0 Å². The third-order valence-corrected chi connectivity index (χ3v) is 6.36. The first-order valence-corrected chi connectivity index (χ1v) is 10.2. The minimum atomic E-state index is -0.821. The molecule has 2 rings (SSSR count). The lowest BCUT2D eigenvalue weighted by atomic mass is 10.2. The molecule has 0 spiro atoms. The highest BCUT2D eigenvalue weighted by atomic mass is 32.2. The molecule has 0 aromatic carbocycles. The van der Waals surface area contributed by atoms with E-state index in [9.17, 15) is 4.55 Å². The van der Waals surface area contributed by atoms with Crippen LogP contribution in [0.25, 0.3) is 0 Å². The van der Waals surface area contributed by atoms with Gasteiger partial charge >= 0.3 is 0 Å². The summed E-state index contributed by atoms with van der Waals surface area (Å²) < 4.78 is 20.3. The molecule has 1 aliphatic heterocycles. The second-order valence-electron chi connectivity index (χ2n) is 6.41. The fourth-order valence-corrected chi connectivity index (χ4v) is 4.97. The van der Waals surface area contributed by atoms with Gasteiger partial charge in [-0.25, -0.2) is 0 Å². The number of unbranched alkanes of at least 4 members (excludes halogenated alkanes) is 1. The zero-order valence-corrected chi connectivity index (χ0v) is 14.7. The summed E-state index contributed by atoms with van der Waals surface area (Å²) >= 11 is -0.821. The Bertz CT molecular complexity index is 285. The highest BCUT2D eigenvalue weighted by Gasteiger charge is 2.30. The van der Waals surface area contributed by atoms with Crippen LogP contribution in [0.2, 0.25) is 0 Å². The second-order valence-corrected chi connectivity index (χ2v) is 7.93. The van der Waals surface area contributed by atoms with E-state index in [0.717, 1.165) is 64.4 Å². The molecule has 2 fully saturated rings. The van der Waals surface area contributed by atoms with Gasteiger partial charge in [-0.3, -0.25) is 4.90 Å². The van der Waals surface area contributed by atoms with Crippen LogP contribution < -0.4 is 5.73 Å². The van der Waals surface area contributed by atoms with Crippen molar-refractivity contribution in [3.05, 3.63) is 0 Å². The first-order chi connectivity index (χ1) is 10.8. The molecule has 1 heterocycles. The maximum absolute atomic E-state index is 12.6. The third kappa shape index (κ3) is 6.34. The average molecular weight is 332 g/mol. The van der Waals surface area contributed by atoms with Gasteiger partial charge in [0.2, 0.25) is 0 Å². The monoisotopic (exact) mass is 331 g/mol. The van der Waals surface area contributed by atoms with Crippen LogP contribution in [-0.2, 0) is 16.1 Å². The van der Waals surface area contributed by atoms with Gasteiger partial charge in [-0.15, -0.1) is 4.31 Å². The van der Waals surface area contributed by atoms with E-state index < -0.39 is 11.4 Å². The Kier molecular flexibility index (Phi) is 9.11. The summed E-state index contributed by atoms with van der Waals surface area (Å²) in [5.41, 5.74) is 5.55. The molecule has 1 aliphatic carbocycles. The fraction of sp³-hybridized carbons (Fsp3) is 1.00. The molecule has 0 aromatic rings. The normalized spacial score (nSPS) is 22.5. The van der Waals surface area contributed by atoms with Gasteiger partial charge in [-0.2, -0.15) is 0 Å². The van der Waals surface area contributed by atoms with Crippen molar-refractivity contribution in [2.45, 2.75) is 51.0 Å². The van der Waals surface area contributed by atoms with Gasteiger partial charge < -0.3 is 15.0 Å². The summed E-state index contributed by atoms with van der Waals surface area (Å²) in [7, 11) is 0. The topological polar surface area (TPSA) is 64.8 Å². The summed E-state index contributed by atoms with van der Waals surface area (Å²) in [6.07, 6.45) is 8.11. The quantitative estimate of drug-likeness (QED) is 0.484. The predicted molar refractivity (Wildman–Crippen MR) is 92.1 cm³/mol. The smallest absolute Gasteiger partial charge is 0.125 e. The lowest BCUT2D eigenvalue weighted by molar-refractivity contribution is 0.0366. The van der Waals surface area contributed by atoms with Crippen LogP contribution in [0.15, 0.2) is 0 Å². The van der Waals surface area contributed by atoms with Crippen molar-refractivity contribution in [1.82, 2.24) is 9.21 Å². The van der Waals surface area contributed by atoms with Gasteiger partial charge in [0.1, 0.15) is 5.75 Å². The molecule has 5 nitrogen and oxygen atoms in total. The zero-order chi connectivity index (χ0) is 15.6. The van der Waals surface area contributed by atoms with Crippen molar-refractivity contribution in [3.8, 4) is 0 Å². The van der Waals surface area contributed by atoms with Crippen molar-refractivity contribution in [1.29, 1.82) is 0 Å². The third-order valence-electron chi connectivity index (χ3n) is 4.72. The molecule has 22 heavy (non-hydrogen) atoms. The Morgan fingerprint density at radius 3 is 2.55 bits per heavy atom. The summed E-state index contributed by atoms with van der Waals surface area (Å²) in [6.45, 7) is 6.59. The standard InChI is InChI=1S/C16H33N3O2S/c17-8-3-4-15-22(20)19(16-6-1-2-7-16)10-5-9-18-11-13-21-14-12-18/h16H,1-15,17H2. The molecular formula is C16H33N3O2S. The predicted octanol–water partition coefficient (Wildman–Crippen LogP) is 1.36. The fourth-order valence-electron chi connectivity index (χ4n) is 3.40. The van der Waals surface area contributed by atoms with E-state index in [-0.39, 0.29) is 0 Å². The van der Waals surface area contributed by atoms with Crippen LogP contribution in [0, 0.1) is 0 Å². The summed E-state index contributed by atoms with van der Waals surface area (Å²) in [5, 5.41) is 0. The van der Waals surface area contributed by atoms with E-state index in [0.29, 0.717) is 12.6 Å². The molecule has 1 saturated carbocycles. The van der Waals surface area contributed by atoms with Crippen molar-refractivity contribution >= 4 is 11.4 Å². The number of ether oxygens (including phenoxy) is 1. The van der Waals surface area contributed by atoms with Crippen LogP contribution >= 0.6 is 0 Å². The number of rotatable bonds is 10. The molecular weight excluding hydrogens is 298 g/mol. The van der Waals surface area contributed by atoms with Crippen molar-refractivity contribution < 1.29 is 9.29 Å². The number of hydrogen-bond acceptors (Lipinski definition) is 5. The van der Waals surface area contributed by atoms with Crippen LogP contribution in [0.1, 0.15) is 44.9 Å². The maximum atomic E-state index is 12.6. The number of morpholine rings is 1. The van der Waals surface area contributed by atoms with E-state index in [1.807, 2.05) is 0 Å². The summed E-state index contributed by atoms with van der Waals surface area (Å²) in [5.74, 6) is 0.783. The molecule has 0 radical (unpaired) electrons. The number of hydrogen-bond donors (Lipinski definition) is 1. The summed E-state index contributed by atoms with van der Waals surface area (Å²) in [6, 6.07) is 0.545. The minimum Gasteiger partial charge on any atom is -0.598 e. The molecule has 1 atom stereocenters. The molecule has 130 valence electrons. The van der Waals surface area contributed by atoms with Gasteiger partial charge in [0.15, 0.2) is 0 Å². The molecule has 0 aromatic heterocycles. The largest absolute Gasteiger partial charge is 0.598 e. The number of nitrogens with two attached hydrogens (primary N) is 1. The Balaban J connectivity index is 1.73. The molecule has 2 N–H and O–H groups in total. The summed E-state index contributed by atoms with van der Waals surface area (Å²) in [4.78, 5) is 2.47. The van der Waals surface area contributed by atoms with Gasteiger partial charge in [0, 0.05) is 31.0 Å². The Morgan fingerprint density at radius 2 is 1.86 bits per heavy atom. The molecule has 1 saturated heterocycles. The van der Waals surface area contributed by atoms with Crippen LogP contribution in [-0.4, -0.2) is 71.5 Å². The Hall–Kier alpha value is 0.150.